The zero-order valence-electron chi connectivity index (χ0n) is 12.8. The molecule has 1 N–H and O–H groups in total. The van der Waals surface area contributed by atoms with Crippen molar-refractivity contribution in [1.82, 2.24) is 9.88 Å². The van der Waals surface area contributed by atoms with Crippen LogP contribution in [0.25, 0.3) is 0 Å². The van der Waals surface area contributed by atoms with Crippen molar-refractivity contribution in [1.29, 1.82) is 0 Å². The van der Waals surface area contributed by atoms with E-state index in [-0.39, 0.29) is 11.8 Å². The number of nitrogens with one attached hydrogen (secondary N) is 1. The van der Waals surface area contributed by atoms with Gasteiger partial charge in [0.25, 0.3) is 11.8 Å². The van der Waals surface area contributed by atoms with E-state index in [9.17, 15) is 9.59 Å². The number of furan rings is 1. The van der Waals surface area contributed by atoms with Gasteiger partial charge in [0, 0.05) is 17.8 Å². The summed E-state index contributed by atoms with van der Waals surface area (Å²) >= 11 is 6.01. The molecule has 0 radical (unpaired) electrons. The van der Waals surface area contributed by atoms with Crippen LogP contribution < -0.4 is 5.32 Å². The Morgan fingerprint density at radius 3 is 2.92 bits per heavy atom. The van der Waals surface area contributed by atoms with Crippen molar-refractivity contribution in [2.24, 2.45) is 0 Å². The third-order valence-electron chi connectivity index (χ3n) is 3.77. The maximum Gasteiger partial charge on any atom is 0.289 e. The first-order chi connectivity index (χ1) is 12.1. The molecule has 0 saturated carbocycles. The fourth-order valence-electron chi connectivity index (χ4n) is 2.57. The Balaban J connectivity index is 1.47. The van der Waals surface area contributed by atoms with Crippen molar-refractivity contribution >= 4 is 55.5 Å². The second kappa shape index (κ2) is 6.74. The number of nitrogens with zero attached hydrogens (tertiary/aromatic N) is 2. The Kier molecular flexibility index (Phi) is 4.45. The summed E-state index contributed by atoms with van der Waals surface area (Å²) in [4.78, 5) is 32.5. The molecule has 1 aliphatic rings. The van der Waals surface area contributed by atoms with Crippen LogP contribution in [0.4, 0.5) is 5.13 Å². The number of aromatic nitrogens is 1. The van der Waals surface area contributed by atoms with Crippen molar-refractivity contribution in [2.45, 2.75) is 13.0 Å². The monoisotopic (exact) mass is 437 g/mol. The summed E-state index contributed by atoms with van der Waals surface area (Å²) in [7, 11) is 0. The molecule has 0 bridgehead atoms. The first-order valence-corrected chi connectivity index (χ1v) is 9.97. The first-order valence-electron chi connectivity index (χ1n) is 7.48. The van der Waals surface area contributed by atoms with Gasteiger partial charge in [0.2, 0.25) is 0 Å². The van der Waals surface area contributed by atoms with Gasteiger partial charge in [-0.2, -0.15) is 0 Å². The van der Waals surface area contributed by atoms with E-state index in [1.54, 1.807) is 23.1 Å². The minimum absolute atomic E-state index is 0.145. The molecular weight excluding hydrogens is 426 g/mol. The highest BCUT2D eigenvalue weighted by Crippen LogP contribution is 2.30. The second-order valence-corrected chi connectivity index (χ2v) is 8.21. The Morgan fingerprint density at radius 1 is 1.32 bits per heavy atom. The summed E-state index contributed by atoms with van der Waals surface area (Å²) in [5.41, 5.74) is 0.941. The predicted octanol–water partition coefficient (Wildman–Crippen LogP) is 4.01. The number of fused-ring (bicyclic) bond motifs is 1. The lowest BCUT2D eigenvalue weighted by Gasteiger charge is -2.25. The minimum atomic E-state index is -0.158. The second-order valence-electron chi connectivity index (χ2n) is 5.40. The molecule has 0 unspecified atom stereocenters. The molecule has 1 aliphatic heterocycles. The summed E-state index contributed by atoms with van der Waals surface area (Å²) in [6.45, 7) is 1.05. The standard InChI is InChI=1S/C16H12BrN3O3S2/c17-13-4-3-10(23-13)15(22)20-6-5-9-12(8-20)25-16(18-9)19-14(21)11-2-1-7-24-11/h1-4,7H,5-6,8H2,(H,18,19,21). The number of rotatable bonds is 3. The molecule has 128 valence electrons. The van der Waals surface area contributed by atoms with Crippen LogP contribution in [0.5, 0.6) is 0 Å². The lowest BCUT2D eigenvalue weighted by molar-refractivity contribution is 0.0702. The Hall–Kier alpha value is -1.97. The molecule has 9 heteroatoms. The van der Waals surface area contributed by atoms with Gasteiger partial charge in [-0.05, 0) is 39.5 Å². The summed E-state index contributed by atoms with van der Waals surface area (Å²) in [5.74, 6) is 0.00875. The van der Waals surface area contributed by atoms with E-state index in [0.717, 1.165) is 10.6 Å². The van der Waals surface area contributed by atoms with Crippen molar-refractivity contribution in [2.75, 3.05) is 11.9 Å². The highest BCUT2D eigenvalue weighted by atomic mass is 79.9. The molecule has 0 fully saturated rings. The zero-order chi connectivity index (χ0) is 17.4. The number of hydrogen-bond acceptors (Lipinski definition) is 6. The summed E-state index contributed by atoms with van der Waals surface area (Å²) in [5, 5.41) is 5.26. The topological polar surface area (TPSA) is 75.4 Å². The van der Waals surface area contributed by atoms with Crippen LogP contribution in [0.15, 0.2) is 38.7 Å². The summed E-state index contributed by atoms with van der Waals surface area (Å²) in [6.07, 6.45) is 0.661. The van der Waals surface area contributed by atoms with Gasteiger partial charge in [0.15, 0.2) is 15.6 Å². The van der Waals surface area contributed by atoms with Crippen LogP contribution in [0.1, 0.15) is 30.8 Å². The molecule has 2 amide bonds. The van der Waals surface area contributed by atoms with E-state index in [1.807, 2.05) is 11.4 Å². The minimum Gasteiger partial charge on any atom is -0.444 e. The number of amides is 2. The molecule has 0 aliphatic carbocycles. The molecule has 6 nitrogen and oxygen atoms in total. The molecule has 4 rings (SSSR count). The third kappa shape index (κ3) is 3.39. The van der Waals surface area contributed by atoms with Gasteiger partial charge in [-0.25, -0.2) is 4.98 Å². The molecule has 25 heavy (non-hydrogen) atoms. The maximum absolute atomic E-state index is 12.5. The SMILES string of the molecule is O=C(Nc1nc2c(s1)CN(C(=O)c1ccc(Br)o1)CC2)c1cccs1. The molecule has 0 saturated heterocycles. The average molecular weight is 438 g/mol. The van der Waals surface area contributed by atoms with Crippen LogP contribution in [0.2, 0.25) is 0 Å². The molecule has 0 atom stereocenters. The quantitative estimate of drug-likeness (QED) is 0.671. The maximum atomic E-state index is 12.5. The van der Waals surface area contributed by atoms with Gasteiger partial charge in [0.05, 0.1) is 17.1 Å². The van der Waals surface area contributed by atoms with Gasteiger partial charge in [-0.3, -0.25) is 14.9 Å². The van der Waals surface area contributed by atoms with Crippen LogP contribution in [0, 0.1) is 0 Å². The van der Waals surface area contributed by atoms with E-state index in [0.29, 0.717) is 39.9 Å². The van der Waals surface area contributed by atoms with Gasteiger partial charge >= 0.3 is 0 Å². The van der Waals surface area contributed by atoms with E-state index in [2.05, 4.69) is 26.2 Å². The fourth-order valence-corrected chi connectivity index (χ4v) is 4.52. The summed E-state index contributed by atoms with van der Waals surface area (Å²) in [6, 6.07) is 6.97. The number of thiophene rings is 1. The Morgan fingerprint density at radius 2 is 2.20 bits per heavy atom. The molecule has 3 aromatic heterocycles. The first kappa shape index (κ1) is 16.5. The van der Waals surface area contributed by atoms with E-state index in [4.69, 9.17) is 4.42 Å². The number of halogens is 1. The van der Waals surface area contributed by atoms with Gasteiger partial charge in [-0.15, -0.1) is 11.3 Å². The molecule has 3 aromatic rings. The average Bonchev–Trinajstić information content (AvgIpc) is 3.33. The molecule has 0 spiro atoms. The lowest BCUT2D eigenvalue weighted by atomic mass is 10.1. The van der Waals surface area contributed by atoms with Crippen LogP contribution in [0.3, 0.4) is 0 Å². The van der Waals surface area contributed by atoms with E-state index in [1.165, 1.54) is 22.7 Å². The number of carbonyl (C=O) groups is 2. The van der Waals surface area contributed by atoms with Crippen LogP contribution in [-0.2, 0) is 13.0 Å². The van der Waals surface area contributed by atoms with E-state index >= 15 is 0 Å². The lowest BCUT2D eigenvalue weighted by Crippen LogP contribution is -2.35. The molecule has 4 heterocycles. The van der Waals surface area contributed by atoms with Crippen molar-refractivity contribution in [3.8, 4) is 0 Å². The van der Waals surface area contributed by atoms with Crippen molar-refractivity contribution < 1.29 is 14.0 Å². The predicted molar refractivity (Wildman–Crippen MR) is 99.2 cm³/mol. The smallest absolute Gasteiger partial charge is 0.289 e. The fraction of sp³-hybridized carbons (Fsp3) is 0.188. The van der Waals surface area contributed by atoms with Crippen LogP contribution in [-0.4, -0.2) is 28.2 Å². The van der Waals surface area contributed by atoms with Gasteiger partial charge in [0.1, 0.15) is 0 Å². The largest absolute Gasteiger partial charge is 0.444 e. The van der Waals surface area contributed by atoms with Gasteiger partial charge < -0.3 is 9.32 Å². The van der Waals surface area contributed by atoms with Crippen molar-refractivity contribution in [3.63, 3.8) is 0 Å². The zero-order valence-corrected chi connectivity index (χ0v) is 16.0. The third-order valence-corrected chi connectivity index (χ3v) is 6.06. The van der Waals surface area contributed by atoms with Crippen LogP contribution >= 0.6 is 38.6 Å². The van der Waals surface area contributed by atoms with E-state index < -0.39 is 0 Å². The highest BCUT2D eigenvalue weighted by molar-refractivity contribution is 9.10. The Labute approximate surface area is 159 Å². The number of thiazole rings is 1. The number of carbonyl (C=O) groups excluding carboxylic acids is 2. The molecular formula is C16H12BrN3O3S2. The normalized spacial score (nSPS) is 13.6. The van der Waals surface area contributed by atoms with Gasteiger partial charge in [-0.1, -0.05) is 17.4 Å². The highest BCUT2D eigenvalue weighted by Gasteiger charge is 2.27. The van der Waals surface area contributed by atoms with Crippen molar-refractivity contribution in [3.05, 3.63) is 55.5 Å². The summed E-state index contributed by atoms with van der Waals surface area (Å²) < 4.78 is 5.88. The number of anilines is 1. The Bertz CT molecular complexity index is 932. The molecule has 0 aromatic carbocycles. The number of hydrogen-bond donors (Lipinski definition) is 1.